The Morgan fingerprint density at radius 1 is 1.23 bits per heavy atom. The highest BCUT2D eigenvalue weighted by molar-refractivity contribution is 5.98. The van der Waals surface area contributed by atoms with E-state index in [-0.39, 0.29) is 25.1 Å². The van der Waals surface area contributed by atoms with Gasteiger partial charge in [-0.25, -0.2) is 9.78 Å². The number of allylic oxidation sites excluding steroid dienone is 2. The van der Waals surface area contributed by atoms with E-state index >= 15 is 0 Å². The number of benzene rings is 1. The van der Waals surface area contributed by atoms with Gasteiger partial charge < -0.3 is 9.47 Å². The van der Waals surface area contributed by atoms with E-state index in [1.54, 1.807) is 6.92 Å². The Balaban J connectivity index is 1.85. The number of pyridine rings is 1. The molecule has 0 spiro atoms. The molecule has 0 N–H and O–H groups in total. The molecular weight excluding hydrogens is 330 g/mol. The number of carbonyl (C=O) groups excluding carboxylic acids is 2. The Morgan fingerprint density at radius 2 is 2.04 bits per heavy atom. The molecule has 3 rings (SSSR count). The number of rotatable bonds is 6. The maximum Gasteiger partial charge on any atom is 0.340 e. The normalized spacial score (nSPS) is 16.0. The van der Waals surface area contributed by atoms with Crippen molar-refractivity contribution in [2.75, 3.05) is 6.61 Å². The summed E-state index contributed by atoms with van der Waals surface area (Å²) in [7, 11) is 0. The third-order valence-corrected chi connectivity index (χ3v) is 4.62. The van der Waals surface area contributed by atoms with Crippen molar-refractivity contribution in [2.24, 2.45) is 5.92 Å². The fourth-order valence-electron chi connectivity index (χ4n) is 3.31. The number of hydrogen-bond donors (Lipinski definition) is 0. The zero-order valence-electron chi connectivity index (χ0n) is 15.2. The first-order chi connectivity index (χ1) is 12.6. The Bertz CT molecular complexity index is 856. The fraction of sp³-hybridized carbons (Fsp3) is 0.381. The molecule has 26 heavy (non-hydrogen) atoms. The number of ether oxygens (including phenoxy) is 2. The van der Waals surface area contributed by atoms with E-state index in [4.69, 9.17) is 9.47 Å². The molecular formula is C21H23NO4. The van der Waals surface area contributed by atoms with Crippen molar-refractivity contribution in [3.05, 3.63) is 53.2 Å². The van der Waals surface area contributed by atoms with Gasteiger partial charge in [0.05, 0.1) is 29.8 Å². The van der Waals surface area contributed by atoms with E-state index in [1.807, 2.05) is 31.2 Å². The highest BCUT2D eigenvalue weighted by Crippen LogP contribution is 2.25. The van der Waals surface area contributed by atoms with E-state index < -0.39 is 5.97 Å². The first-order valence-corrected chi connectivity index (χ1v) is 8.97. The predicted octanol–water partition coefficient (Wildman–Crippen LogP) is 4.12. The number of hydrogen-bond acceptors (Lipinski definition) is 5. The van der Waals surface area contributed by atoms with E-state index in [2.05, 4.69) is 17.1 Å². The fourth-order valence-corrected chi connectivity index (χ4v) is 3.31. The molecule has 0 amide bonds. The Labute approximate surface area is 153 Å². The Kier molecular flexibility index (Phi) is 5.66. The van der Waals surface area contributed by atoms with E-state index in [0.717, 1.165) is 29.3 Å². The van der Waals surface area contributed by atoms with Crippen LogP contribution in [0.15, 0.2) is 36.4 Å². The second kappa shape index (κ2) is 8.13. The van der Waals surface area contributed by atoms with Crippen molar-refractivity contribution in [1.82, 2.24) is 4.98 Å². The average Bonchev–Trinajstić information content (AvgIpc) is 3.13. The molecule has 5 heteroatoms. The lowest BCUT2D eigenvalue weighted by Crippen LogP contribution is -2.15. The molecule has 1 aliphatic rings. The van der Waals surface area contributed by atoms with Crippen LogP contribution < -0.4 is 0 Å². The summed E-state index contributed by atoms with van der Waals surface area (Å²) < 4.78 is 10.6. The van der Waals surface area contributed by atoms with Crippen LogP contribution >= 0.6 is 0 Å². The van der Waals surface area contributed by atoms with Gasteiger partial charge in [0.15, 0.2) is 0 Å². The SMILES string of the molecule is CCOC(=O)c1c(COC(=O)C[C@@H]2C=CCC2)nc2ccccc2c1C. The van der Waals surface area contributed by atoms with Gasteiger partial charge in [-0.05, 0) is 44.2 Å². The zero-order chi connectivity index (χ0) is 18.5. The minimum atomic E-state index is -0.437. The molecule has 0 fully saturated rings. The van der Waals surface area contributed by atoms with Crippen molar-refractivity contribution in [2.45, 2.75) is 39.7 Å². The topological polar surface area (TPSA) is 65.5 Å². The van der Waals surface area contributed by atoms with Gasteiger partial charge in [-0.3, -0.25) is 4.79 Å². The molecule has 1 aromatic carbocycles. The van der Waals surface area contributed by atoms with Crippen LogP contribution in [0.4, 0.5) is 0 Å². The molecule has 1 aliphatic carbocycles. The third-order valence-electron chi connectivity index (χ3n) is 4.62. The van der Waals surface area contributed by atoms with Crippen LogP contribution in [0.2, 0.25) is 0 Å². The predicted molar refractivity (Wildman–Crippen MR) is 98.7 cm³/mol. The summed E-state index contributed by atoms with van der Waals surface area (Å²) in [5.74, 6) is -0.463. The number of carbonyl (C=O) groups is 2. The highest BCUT2D eigenvalue weighted by Gasteiger charge is 2.21. The van der Waals surface area contributed by atoms with Crippen LogP contribution in [-0.4, -0.2) is 23.5 Å². The quantitative estimate of drug-likeness (QED) is 0.577. The number of aromatic nitrogens is 1. The van der Waals surface area contributed by atoms with Gasteiger partial charge in [-0.15, -0.1) is 0 Å². The van der Waals surface area contributed by atoms with E-state index in [9.17, 15) is 9.59 Å². The Morgan fingerprint density at radius 3 is 2.77 bits per heavy atom. The molecule has 0 aliphatic heterocycles. The lowest BCUT2D eigenvalue weighted by atomic mass is 10.0. The maximum atomic E-state index is 12.4. The summed E-state index contributed by atoms with van der Waals surface area (Å²) >= 11 is 0. The summed E-state index contributed by atoms with van der Waals surface area (Å²) in [5.41, 5.74) is 2.38. The molecule has 0 bridgehead atoms. The largest absolute Gasteiger partial charge is 0.462 e. The number of para-hydroxylation sites is 1. The number of aryl methyl sites for hydroxylation is 1. The van der Waals surface area contributed by atoms with E-state index in [1.165, 1.54) is 0 Å². The van der Waals surface area contributed by atoms with Gasteiger partial charge in [0.25, 0.3) is 0 Å². The molecule has 5 nitrogen and oxygen atoms in total. The van der Waals surface area contributed by atoms with E-state index in [0.29, 0.717) is 17.7 Å². The van der Waals surface area contributed by atoms with Gasteiger partial charge in [0.1, 0.15) is 6.61 Å². The van der Waals surface area contributed by atoms with Gasteiger partial charge in [-0.2, -0.15) is 0 Å². The smallest absolute Gasteiger partial charge is 0.340 e. The summed E-state index contributed by atoms with van der Waals surface area (Å²) in [5, 5.41) is 0.890. The molecule has 1 heterocycles. The van der Waals surface area contributed by atoms with Crippen molar-refractivity contribution in [1.29, 1.82) is 0 Å². The molecule has 136 valence electrons. The van der Waals surface area contributed by atoms with Crippen LogP contribution in [-0.2, 0) is 20.9 Å². The average molecular weight is 353 g/mol. The number of fused-ring (bicyclic) bond motifs is 1. The lowest BCUT2D eigenvalue weighted by molar-refractivity contribution is -0.145. The molecule has 0 saturated carbocycles. The summed E-state index contributed by atoms with van der Waals surface area (Å²) in [6.45, 7) is 3.87. The van der Waals surface area contributed by atoms with Crippen LogP contribution in [0.25, 0.3) is 10.9 Å². The summed E-state index contributed by atoms with van der Waals surface area (Å²) in [6.07, 6.45) is 6.50. The first kappa shape index (κ1) is 18.1. The van der Waals surface area contributed by atoms with Gasteiger partial charge in [-0.1, -0.05) is 30.4 Å². The van der Waals surface area contributed by atoms with Crippen molar-refractivity contribution in [3.8, 4) is 0 Å². The van der Waals surface area contributed by atoms with Gasteiger partial charge in [0, 0.05) is 5.39 Å². The standard InChI is InChI=1S/C21H23NO4/c1-3-25-21(24)20-14(2)16-10-6-7-11-17(16)22-18(20)13-26-19(23)12-15-8-4-5-9-15/h4,6-8,10-11,15H,3,5,9,12-13H2,1-2H3/t15-/m1/s1. The second-order valence-corrected chi connectivity index (χ2v) is 6.43. The molecule has 2 aromatic rings. The number of nitrogens with zero attached hydrogens (tertiary/aromatic N) is 1. The lowest BCUT2D eigenvalue weighted by Gasteiger charge is -2.14. The Hall–Kier alpha value is -2.69. The van der Waals surface area contributed by atoms with Crippen molar-refractivity contribution >= 4 is 22.8 Å². The van der Waals surface area contributed by atoms with Crippen LogP contribution in [0, 0.1) is 12.8 Å². The van der Waals surface area contributed by atoms with Crippen LogP contribution in [0.5, 0.6) is 0 Å². The van der Waals surface area contributed by atoms with Crippen LogP contribution in [0.1, 0.15) is 47.8 Å². The molecule has 0 unspecified atom stereocenters. The van der Waals surface area contributed by atoms with Gasteiger partial charge in [0.2, 0.25) is 0 Å². The third kappa shape index (κ3) is 3.93. The monoisotopic (exact) mass is 353 g/mol. The molecule has 0 saturated heterocycles. The highest BCUT2D eigenvalue weighted by atomic mass is 16.5. The van der Waals surface area contributed by atoms with Crippen molar-refractivity contribution < 1.29 is 19.1 Å². The van der Waals surface area contributed by atoms with Gasteiger partial charge >= 0.3 is 11.9 Å². The maximum absolute atomic E-state index is 12.4. The van der Waals surface area contributed by atoms with Crippen LogP contribution in [0.3, 0.4) is 0 Å². The minimum Gasteiger partial charge on any atom is -0.462 e. The summed E-state index contributed by atoms with van der Waals surface area (Å²) in [6, 6.07) is 7.59. The zero-order valence-corrected chi connectivity index (χ0v) is 15.2. The van der Waals surface area contributed by atoms with Crippen molar-refractivity contribution in [3.63, 3.8) is 0 Å². The molecule has 1 aromatic heterocycles. The minimum absolute atomic E-state index is 0.0326. The molecule has 1 atom stereocenters. The first-order valence-electron chi connectivity index (χ1n) is 8.97. The molecule has 0 radical (unpaired) electrons. The second-order valence-electron chi connectivity index (χ2n) is 6.43. The summed E-state index contributed by atoms with van der Waals surface area (Å²) in [4.78, 5) is 29.1. The number of esters is 2.